The predicted molar refractivity (Wildman–Crippen MR) is 109 cm³/mol. The van der Waals surface area contributed by atoms with Gasteiger partial charge in [-0.3, -0.25) is 0 Å². The zero-order valence-corrected chi connectivity index (χ0v) is 16.9. The zero-order chi connectivity index (χ0) is 20.9. The number of aromatic nitrogens is 4. The Balaban J connectivity index is 1.34. The van der Waals surface area contributed by atoms with E-state index in [1.165, 1.54) is 0 Å². The topological polar surface area (TPSA) is 85.1 Å². The number of nitrogens with one attached hydrogen (secondary N) is 1. The van der Waals surface area contributed by atoms with Crippen molar-refractivity contribution in [2.45, 2.75) is 56.5 Å². The molecule has 2 saturated heterocycles. The van der Waals surface area contributed by atoms with E-state index in [9.17, 15) is 5.11 Å². The van der Waals surface area contributed by atoms with E-state index in [1.54, 1.807) is 47.6 Å². The van der Waals surface area contributed by atoms with E-state index in [0.717, 1.165) is 18.5 Å². The van der Waals surface area contributed by atoms with Crippen molar-refractivity contribution < 1.29 is 14.2 Å². The van der Waals surface area contributed by atoms with Gasteiger partial charge in [0.2, 0.25) is 5.88 Å². The summed E-state index contributed by atoms with van der Waals surface area (Å²) >= 11 is 0. The van der Waals surface area contributed by atoms with E-state index < -0.39 is 17.8 Å². The van der Waals surface area contributed by atoms with E-state index in [-0.39, 0.29) is 17.2 Å². The lowest BCUT2D eigenvalue weighted by molar-refractivity contribution is -0.00951. The molecule has 2 aromatic heterocycles. The average Bonchev–Trinajstić information content (AvgIpc) is 3.34. The van der Waals surface area contributed by atoms with Crippen molar-refractivity contribution in [1.82, 2.24) is 25.1 Å². The normalized spacial score (nSPS) is 30.4. The molecule has 4 atom stereocenters. The summed E-state index contributed by atoms with van der Waals surface area (Å²) in [6.07, 6.45) is 5.77. The van der Waals surface area contributed by atoms with Crippen molar-refractivity contribution in [3.63, 3.8) is 0 Å². The first kappa shape index (κ1) is 19.0. The van der Waals surface area contributed by atoms with Gasteiger partial charge >= 0.3 is 0 Å². The van der Waals surface area contributed by atoms with Gasteiger partial charge in [0, 0.05) is 42.0 Å². The van der Waals surface area contributed by atoms with Crippen LogP contribution in [0.1, 0.15) is 33.1 Å². The smallest absolute Gasteiger partial charge is 0.233 e. The number of halogens is 1. The number of phenols is 1. The molecule has 3 aromatic rings. The first-order chi connectivity index (χ1) is 14.4. The summed E-state index contributed by atoms with van der Waals surface area (Å²) in [7, 11) is 0. The molecule has 2 fully saturated rings. The Hall–Kier alpha value is -3.00. The highest BCUT2D eigenvalue weighted by Gasteiger charge is 2.56. The van der Waals surface area contributed by atoms with Crippen LogP contribution in [0.4, 0.5) is 4.39 Å². The van der Waals surface area contributed by atoms with Crippen LogP contribution >= 0.6 is 0 Å². The van der Waals surface area contributed by atoms with Gasteiger partial charge in [0.25, 0.3) is 0 Å². The summed E-state index contributed by atoms with van der Waals surface area (Å²) in [4.78, 5) is 4.01. The summed E-state index contributed by atoms with van der Waals surface area (Å²) in [6.45, 7) is 4.04. The monoisotopic (exact) mass is 409 g/mol. The van der Waals surface area contributed by atoms with Crippen molar-refractivity contribution >= 4 is 0 Å². The van der Waals surface area contributed by atoms with Gasteiger partial charge in [-0.2, -0.15) is 0 Å². The molecule has 8 heteroatoms. The minimum atomic E-state index is -1.12. The molecular formula is C22H24FN5O2. The molecule has 5 rings (SSSR count). The molecule has 2 bridgehead atoms. The maximum Gasteiger partial charge on any atom is 0.233 e. The van der Waals surface area contributed by atoms with Gasteiger partial charge in [0.15, 0.2) is 6.17 Å². The molecule has 0 amide bonds. The number of piperidine rings is 1. The number of hydrogen-bond acceptors (Lipinski definition) is 6. The first-order valence-electron chi connectivity index (χ1n) is 10.1. The number of ether oxygens (including phenoxy) is 1. The van der Waals surface area contributed by atoms with Crippen LogP contribution in [-0.4, -0.2) is 48.2 Å². The third-order valence-corrected chi connectivity index (χ3v) is 6.34. The molecule has 0 aliphatic carbocycles. The molecule has 0 spiro atoms. The number of imidazole rings is 1. The van der Waals surface area contributed by atoms with Crippen molar-refractivity contribution in [2.75, 3.05) is 0 Å². The Morgan fingerprint density at radius 3 is 2.77 bits per heavy atom. The number of aromatic hydroxyl groups is 1. The average molecular weight is 409 g/mol. The number of phenolic OH excluding ortho intramolecular Hbond substituents is 1. The van der Waals surface area contributed by atoms with Crippen LogP contribution < -0.4 is 10.1 Å². The third kappa shape index (κ3) is 3.21. The van der Waals surface area contributed by atoms with Crippen LogP contribution in [0.15, 0.2) is 49.1 Å². The Labute approximate surface area is 173 Å². The number of hydrogen-bond donors (Lipinski definition) is 2. The highest BCUT2D eigenvalue weighted by Crippen LogP contribution is 2.44. The fourth-order valence-electron chi connectivity index (χ4n) is 4.76. The van der Waals surface area contributed by atoms with Gasteiger partial charge < -0.3 is 19.7 Å². The third-order valence-electron chi connectivity index (χ3n) is 6.34. The van der Waals surface area contributed by atoms with Crippen molar-refractivity contribution in [3.8, 4) is 28.6 Å². The quantitative estimate of drug-likeness (QED) is 0.687. The number of fused-ring (bicyclic) bond motifs is 2. The molecule has 30 heavy (non-hydrogen) atoms. The predicted octanol–water partition coefficient (Wildman–Crippen LogP) is 3.42. The number of benzene rings is 1. The number of alkyl halides is 1. The Morgan fingerprint density at radius 2 is 2.07 bits per heavy atom. The van der Waals surface area contributed by atoms with Gasteiger partial charge in [-0.1, -0.05) is 0 Å². The summed E-state index contributed by atoms with van der Waals surface area (Å²) in [5, 5.41) is 22.2. The number of nitrogens with zero attached hydrogens (tertiary/aromatic N) is 4. The Morgan fingerprint density at radius 1 is 1.20 bits per heavy atom. The van der Waals surface area contributed by atoms with E-state index in [4.69, 9.17) is 4.74 Å². The van der Waals surface area contributed by atoms with Gasteiger partial charge in [-0.15, -0.1) is 10.2 Å². The van der Waals surface area contributed by atoms with Gasteiger partial charge in [0.1, 0.15) is 11.9 Å². The molecule has 0 saturated carbocycles. The minimum Gasteiger partial charge on any atom is -0.507 e. The molecule has 7 nitrogen and oxygen atoms in total. The largest absolute Gasteiger partial charge is 0.507 e. The lowest BCUT2D eigenvalue weighted by Gasteiger charge is -2.43. The van der Waals surface area contributed by atoms with Crippen LogP contribution in [0.2, 0.25) is 0 Å². The van der Waals surface area contributed by atoms with Crippen LogP contribution in [0.3, 0.4) is 0 Å². The molecule has 2 aliphatic heterocycles. The van der Waals surface area contributed by atoms with E-state index in [0.29, 0.717) is 17.7 Å². The Kier molecular flexibility index (Phi) is 4.28. The van der Waals surface area contributed by atoms with Gasteiger partial charge in [-0.25, -0.2) is 9.37 Å². The fourth-order valence-corrected chi connectivity index (χ4v) is 4.76. The van der Waals surface area contributed by atoms with Gasteiger partial charge in [-0.05, 0) is 44.9 Å². The zero-order valence-electron chi connectivity index (χ0n) is 16.9. The maximum atomic E-state index is 15.1. The van der Waals surface area contributed by atoms with Crippen molar-refractivity contribution in [1.29, 1.82) is 0 Å². The first-order valence-corrected chi connectivity index (χ1v) is 10.1. The molecule has 2 N–H and O–H groups in total. The second-order valence-corrected chi connectivity index (χ2v) is 8.79. The molecule has 0 radical (unpaired) electrons. The highest BCUT2D eigenvalue weighted by molar-refractivity contribution is 5.68. The molecule has 1 aromatic carbocycles. The molecule has 0 unspecified atom stereocenters. The van der Waals surface area contributed by atoms with Gasteiger partial charge in [0.05, 0.1) is 23.2 Å². The molecule has 2 aliphatic rings. The van der Waals surface area contributed by atoms with E-state index >= 15 is 4.39 Å². The molecule has 4 heterocycles. The summed E-state index contributed by atoms with van der Waals surface area (Å²) < 4.78 is 22.8. The lowest BCUT2D eigenvalue weighted by atomic mass is 9.85. The maximum absolute atomic E-state index is 15.1. The summed E-state index contributed by atoms with van der Waals surface area (Å²) in [5.74, 6) is 0.373. The highest BCUT2D eigenvalue weighted by atomic mass is 19.1. The summed E-state index contributed by atoms with van der Waals surface area (Å²) in [6, 6.07) is 8.68. The summed E-state index contributed by atoms with van der Waals surface area (Å²) in [5.41, 5.74) is 1.18. The van der Waals surface area contributed by atoms with E-state index in [2.05, 4.69) is 27.4 Å². The van der Waals surface area contributed by atoms with Crippen LogP contribution in [0.5, 0.6) is 11.6 Å². The van der Waals surface area contributed by atoms with E-state index in [1.807, 2.05) is 13.0 Å². The lowest BCUT2D eigenvalue weighted by Crippen LogP contribution is -2.63. The SMILES string of the molecule is C[C@]12CC[C@](C)(N1)[C@H](F)[C@H](Oc1ccc(-c3ccc(-n4ccnc4)cc3O)nn1)C2. The van der Waals surface area contributed by atoms with Crippen LogP contribution in [0.25, 0.3) is 16.9 Å². The molecular weight excluding hydrogens is 385 g/mol. The van der Waals surface area contributed by atoms with Crippen molar-refractivity contribution in [2.24, 2.45) is 0 Å². The van der Waals surface area contributed by atoms with Crippen molar-refractivity contribution in [3.05, 3.63) is 49.1 Å². The molecule has 156 valence electrons. The number of rotatable bonds is 4. The fraction of sp³-hybridized carbons (Fsp3) is 0.409. The minimum absolute atomic E-state index is 0.0868. The second kappa shape index (κ2) is 6.77. The standard InChI is InChI=1S/C22H24FN5O2/c1-21-7-8-22(2,27-21)20(23)18(12-21)30-19-6-5-16(25-26-19)15-4-3-14(11-17(15)29)28-10-9-24-13-28/h3-6,9-11,13,18,20,27,29H,7-8,12H2,1-2H3/t18-,20-,21-,22+/m1/s1. The second-order valence-electron chi connectivity index (χ2n) is 8.79. The van der Waals surface area contributed by atoms with Crippen LogP contribution in [-0.2, 0) is 0 Å². The Bertz CT molecular complexity index is 1060. The van der Waals surface area contributed by atoms with Crippen LogP contribution in [0, 0.1) is 0 Å².